The van der Waals surface area contributed by atoms with Crippen LogP contribution in [0, 0.1) is 6.92 Å². The number of hydrogen-bond acceptors (Lipinski definition) is 3. The Kier molecular flexibility index (Phi) is 3.57. The van der Waals surface area contributed by atoms with E-state index >= 15 is 0 Å². The minimum atomic E-state index is -0.436. The first-order valence-corrected chi connectivity index (χ1v) is 5.60. The zero-order valence-corrected chi connectivity index (χ0v) is 10.1. The van der Waals surface area contributed by atoms with Gasteiger partial charge in [0.15, 0.2) is 0 Å². The highest BCUT2D eigenvalue weighted by Crippen LogP contribution is 2.16. The molecule has 2 N–H and O–H groups in total. The molecule has 0 aliphatic carbocycles. The molecule has 0 aliphatic heterocycles. The van der Waals surface area contributed by atoms with E-state index in [1.165, 1.54) is 0 Å². The molecule has 2 aromatic rings. The normalized spacial score (nSPS) is 10.1. The largest absolute Gasteiger partial charge is 0.487 e. The molecule has 0 radical (unpaired) electrons. The third-order valence-corrected chi connectivity index (χ3v) is 2.56. The molecule has 0 bridgehead atoms. The lowest BCUT2D eigenvalue weighted by molar-refractivity contribution is 0.1000. The first-order chi connectivity index (χ1) is 8.66. The summed E-state index contributed by atoms with van der Waals surface area (Å²) in [5.41, 5.74) is 7.44. The van der Waals surface area contributed by atoms with Crippen molar-refractivity contribution in [3.63, 3.8) is 0 Å². The zero-order chi connectivity index (χ0) is 13.0. The standard InChI is InChI=1S/C14H14N2O2/c1-10-13(6-3-7-16-10)18-9-11-4-2-5-12(8-11)14(15)17/h2-8H,9H2,1H3,(H2,15,17). The van der Waals surface area contributed by atoms with Crippen LogP contribution >= 0.6 is 0 Å². The molecule has 4 heteroatoms. The van der Waals surface area contributed by atoms with E-state index in [2.05, 4.69) is 4.98 Å². The summed E-state index contributed by atoms with van der Waals surface area (Å²) in [5.74, 6) is 0.302. The van der Waals surface area contributed by atoms with Gasteiger partial charge in [-0.1, -0.05) is 12.1 Å². The van der Waals surface area contributed by atoms with Crippen molar-refractivity contribution < 1.29 is 9.53 Å². The molecular formula is C14H14N2O2. The number of benzene rings is 1. The Hall–Kier alpha value is -2.36. The fourth-order valence-electron chi connectivity index (χ4n) is 1.60. The molecule has 0 fully saturated rings. The van der Waals surface area contributed by atoms with Crippen molar-refractivity contribution in [2.75, 3.05) is 0 Å². The number of amides is 1. The lowest BCUT2D eigenvalue weighted by Crippen LogP contribution is -2.11. The second kappa shape index (κ2) is 5.31. The van der Waals surface area contributed by atoms with Gasteiger partial charge in [-0.15, -0.1) is 0 Å². The number of nitrogens with zero attached hydrogens (tertiary/aromatic N) is 1. The van der Waals surface area contributed by atoms with Gasteiger partial charge in [-0.25, -0.2) is 0 Å². The molecule has 1 aromatic heterocycles. The molecular weight excluding hydrogens is 228 g/mol. The molecule has 18 heavy (non-hydrogen) atoms. The van der Waals surface area contributed by atoms with Crippen LogP contribution in [0.15, 0.2) is 42.6 Å². The van der Waals surface area contributed by atoms with Crippen molar-refractivity contribution in [3.05, 3.63) is 59.4 Å². The monoisotopic (exact) mass is 242 g/mol. The number of pyridine rings is 1. The maximum absolute atomic E-state index is 11.1. The van der Waals surface area contributed by atoms with Gasteiger partial charge in [-0.05, 0) is 36.8 Å². The van der Waals surface area contributed by atoms with Crippen molar-refractivity contribution in [2.45, 2.75) is 13.5 Å². The van der Waals surface area contributed by atoms with Crippen molar-refractivity contribution in [1.82, 2.24) is 4.98 Å². The molecule has 0 aliphatic rings. The average molecular weight is 242 g/mol. The number of rotatable bonds is 4. The Morgan fingerprint density at radius 2 is 2.17 bits per heavy atom. The lowest BCUT2D eigenvalue weighted by Gasteiger charge is -2.08. The van der Waals surface area contributed by atoms with Crippen LogP contribution < -0.4 is 10.5 Å². The third kappa shape index (κ3) is 2.85. The lowest BCUT2D eigenvalue weighted by atomic mass is 10.1. The summed E-state index contributed by atoms with van der Waals surface area (Å²) in [7, 11) is 0. The van der Waals surface area contributed by atoms with Gasteiger partial charge in [-0.2, -0.15) is 0 Å². The highest BCUT2D eigenvalue weighted by molar-refractivity contribution is 5.92. The summed E-state index contributed by atoms with van der Waals surface area (Å²) in [6.45, 7) is 2.27. The summed E-state index contributed by atoms with van der Waals surface area (Å²) < 4.78 is 5.64. The van der Waals surface area contributed by atoms with Crippen molar-refractivity contribution in [2.24, 2.45) is 5.73 Å². The van der Waals surface area contributed by atoms with E-state index in [0.29, 0.717) is 12.2 Å². The number of primary amides is 1. The van der Waals surface area contributed by atoms with E-state index in [-0.39, 0.29) is 0 Å². The van der Waals surface area contributed by atoms with Crippen LogP contribution in [-0.4, -0.2) is 10.9 Å². The van der Waals surface area contributed by atoms with Crippen LogP contribution in [0.2, 0.25) is 0 Å². The topological polar surface area (TPSA) is 65.2 Å². The number of aryl methyl sites for hydroxylation is 1. The van der Waals surface area contributed by atoms with Crippen molar-refractivity contribution in [3.8, 4) is 5.75 Å². The molecule has 0 spiro atoms. The second-order valence-corrected chi connectivity index (χ2v) is 3.94. The van der Waals surface area contributed by atoms with Gasteiger partial charge < -0.3 is 10.5 Å². The molecule has 1 aromatic carbocycles. The first-order valence-electron chi connectivity index (χ1n) is 5.60. The van der Waals surface area contributed by atoms with E-state index < -0.39 is 5.91 Å². The number of carbonyl (C=O) groups excluding carboxylic acids is 1. The van der Waals surface area contributed by atoms with Crippen LogP contribution in [0.5, 0.6) is 5.75 Å². The molecule has 1 amide bonds. The van der Waals surface area contributed by atoms with Crippen molar-refractivity contribution >= 4 is 5.91 Å². The Balaban J connectivity index is 2.09. The van der Waals surface area contributed by atoms with E-state index in [1.54, 1.807) is 24.4 Å². The minimum absolute atomic E-state index is 0.383. The van der Waals surface area contributed by atoms with E-state index in [0.717, 1.165) is 17.0 Å². The molecule has 0 saturated heterocycles. The molecule has 92 valence electrons. The number of ether oxygens (including phenoxy) is 1. The summed E-state index contributed by atoms with van der Waals surface area (Å²) in [4.78, 5) is 15.2. The summed E-state index contributed by atoms with van der Waals surface area (Å²) in [5, 5.41) is 0. The van der Waals surface area contributed by atoms with Crippen LogP contribution in [0.25, 0.3) is 0 Å². The SMILES string of the molecule is Cc1ncccc1OCc1cccc(C(N)=O)c1. The van der Waals surface area contributed by atoms with Gasteiger partial charge in [-0.3, -0.25) is 9.78 Å². The smallest absolute Gasteiger partial charge is 0.248 e. The Labute approximate surface area is 105 Å². The maximum Gasteiger partial charge on any atom is 0.248 e. The predicted molar refractivity (Wildman–Crippen MR) is 68.3 cm³/mol. The average Bonchev–Trinajstić information content (AvgIpc) is 2.38. The van der Waals surface area contributed by atoms with Gasteiger partial charge in [0.1, 0.15) is 12.4 Å². The maximum atomic E-state index is 11.1. The molecule has 2 rings (SSSR count). The molecule has 4 nitrogen and oxygen atoms in total. The highest BCUT2D eigenvalue weighted by atomic mass is 16.5. The van der Waals surface area contributed by atoms with E-state index in [4.69, 9.17) is 10.5 Å². The van der Waals surface area contributed by atoms with Gasteiger partial charge in [0, 0.05) is 11.8 Å². The molecule has 0 unspecified atom stereocenters. The first kappa shape index (κ1) is 12.1. The van der Waals surface area contributed by atoms with Gasteiger partial charge in [0.2, 0.25) is 5.91 Å². The second-order valence-electron chi connectivity index (χ2n) is 3.94. The minimum Gasteiger partial charge on any atom is -0.487 e. The summed E-state index contributed by atoms with van der Waals surface area (Å²) >= 11 is 0. The predicted octanol–water partition coefficient (Wildman–Crippen LogP) is 2.07. The van der Waals surface area contributed by atoms with Gasteiger partial charge >= 0.3 is 0 Å². The Bertz CT molecular complexity index is 567. The summed E-state index contributed by atoms with van der Waals surface area (Å²) in [6.07, 6.45) is 1.72. The van der Waals surface area contributed by atoms with E-state index in [9.17, 15) is 4.79 Å². The number of carbonyl (C=O) groups is 1. The van der Waals surface area contributed by atoms with Gasteiger partial charge in [0.05, 0.1) is 5.69 Å². The molecule has 1 heterocycles. The number of aromatic nitrogens is 1. The van der Waals surface area contributed by atoms with Crippen molar-refractivity contribution in [1.29, 1.82) is 0 Å². The Morgan fingerprint density at radius 3 is 2.89 bits per heavy atom. The van der Waals surface area contributed by atoms with Crippen LogP contribution in [0.1, 0.15) is 21.6 Å². The zero-order valence-electron chi connectivity index (χ0n) is 10.1. The van der Waals surface area contributed by atoms with Crippen LogP contribution in [0.3, 0.4) is 0 Å². The van der Waals surface area contributed by atoms with E-state index in [1.807, 2.05) is 25.1 Å². The van der Waals surface area contributed by atoms with Gasteiger partial charge in [0.25, 0.3) is 0 Å². The summed E-state index contributed by atoms with van der Waals surface area (Å²) in [6, 6.07) is 10.8. The third-order valence-electron chi connectivity index (χ3n) is 2.56. The van der Waals surface area contributed by atoms with Crippen LogP contribution in [0.4, 0.5) is 0 Å². The van der Waals surface area contributed by atoms with Crippen LogP contribution in [-0.2, 0) is 6.61 Å². The molecule has 0 saturated carbocycles. The molecule has 0 atom stereocenters. The number of hydrogen-bond donors (Lipinski definition) is 1. The fourth-order valence-corrected chi connectivity index (χ4v) is 1.60. The fraction of sp³-hybridized carbons (Fsp3) is 0.143. The number of nitrogens with two attached hydrogens (primary N) is 1. The quantitative estimate of drug-likeness (QED) is 0.892. The highest BCUT2D eigenvalue weighted by Gasteiger charge is 2.03. The Morgan fingerprint density at radius 1 is 1.33 bits per heavy atom.